The summed E-state index contributed by atoms with van der Waals surface area (Å²) < 4.78 is 13.2. The number of benzene rings is 1. The summed E-state index contributed by atoms with van der Waals surface area (Å²) in [7, 11) is 0. The van der Waals surface area contributed by atoms with Crippen LogP contribution in [-0.4, -0.2) is 35.3 Å². The zero-order valence-electron chi connectivity index (χ0n) is 14.3. The van der Waals surface area contributed by atoms with Crippen molar-refractivity contribution >= 4 is 17.8 Å². The van der Waals surface area contributed by atoms with Gasteiger partial charge in [0.1, 0.15) is 17.9 Å². The van der Waals surface area contributed by atoms with E-state index >= 15 is 0 Å². The number of carbonyl (C=O) groups excluding carboxylic acids is 3. The van der Waals surface area contributed by atoms with Gasteiger partial charge in [-0.1, -0.05) is 19.1 Å². The lowest BCUT2D eigenvalue weighted by Crippen LogP contribution is -2.46. The average Bonchev–Trinajstić information content (AvgIpc) is 3.39. The summed E-state index contributed by atoms with van der Waals surface area (Å²) in [5.41, 5.74) is -0.753. The molecule has 25 heavy (non-hydrogen) atoms. The van der Waals surface area contributed by atoms with Crippen LogP contribution in [0.2, 0.25) is 0 Å². The predicted octanol–water partition coefficient (Wildman–Crippen LogP) is 1.90. The van der Waals surface area contributed by atoms with Crippen molar-refractivity contribution in [3.8, 4) is 0 Å². The van der Waals surface area contributed by atoms with E-state index in [-0.39, 0.29) is 18.5 Å². The first-order chi connectivity index (χ1) is 11.9. The van der Waals surface area contributed by atoms with Crippen molar-refractivity contribution in [1.29, 1.82) is 0 Å². The van der Waals surface area contributed by atoms with Gasteiger partial charge in [-0.3, -0.25) is 14.5 Å². The van der Waals surface area contributed by atoms with Crippen LogP contribution in [0.4, 0.5) is 9.18 Å². The maximum Gasteiger partial charge on any atom is 0.325 e. The van der Waals surface area contributed by atoms with Gasteiger partial charge in [0.05, 0.1) is 0 Å². The highest BCUT2D eigenvalue weighted by Crippen LogP contribution is 2.33. The first kappa shape index (κ1) is 17.4. The first-order valence-electron chi connectivity index (χ1n) is 8.57. The van der Waals surface area contributed by atoms with Crippen LogP contribution in [0.1, 0.15) is 38.7 Å². The number of amides is 4. The number of nitrogens with one attached hydrogen (secondary N) is 2. The number of hydrogen-bond donors (Lipinski definition) is 2. The number of rotatable bonds is 6. The highest BCUT2D eigenvalue weighted by Gasteiger charge is 2.51. The molecule has 0 bridgehead atoms. The molecular formula is C18H22FN3O3. The lowest BCUT2D eigenvalue weighted by Gasteiger charge is -2.25. The summed E-state index contributed by atoms with van der Waals surface area (Å²) in [6, 6.07) is 4.90. The van der Waals surface area contributed by atoms with E-state index in [1.807, 2.05) is 6.92 Å². The molecule has 134 valence electrons. The fourth-order valence-corrected chi connectivity index (χ4v) is 3.30. The van der Waals surface area contributed by atoms with Crippen molar-refractivity contribution < 1.29 is 18.8 Å². The van der Waals surface area contributed by atoms with Gasteiger partial charge in [-0.25, -0.2) is 9.18 Å². The van der Waals surface area contributed by atoms with E-state index in [1.165, 1.54) is 24.3 Å². The van der Waals surface area contributed by atoms with E-state index in [9.17, 15) is 18.8 Å². The summed E-state index contributed by atoms with van der Waals surface area (Å²) in [6.07, 6.45) is 2.49. The zero-order chi connectivity index (χ0) is 18.2. The molecule has 2 atom stereocenters. The van der Waals surface area contributed by atoms with Crippen molar-refractivity contribution in [1.82, 2.24) is 15.5 Å². The Bertz CT molecular complexity index is 702. The molecule has 1 heterocycles. The van der Waals surface area contributed by atoms with Crippen LogP contribution >= 0.6 is 0 Å². The number of imide groups is 1. The highest BCUT2D eigenvalue weighted by atomic mass is 19.1. The van der Waals surface area contributed by atoms with Gasteiger partial charge in [0, 0.05) is 6.04 Å². The highest BCUT2D eigenvalue weighted by molar-refractivity contribution is 6.09. The fourth-order valence-electron chi connectivity index (χ4n) is 3.30. The van der Waals surface area contributed by atoms with E-state index in [0.29, 0.717) is 17.9 Å². The van der Waals surface area contributed by atoms with Crippen LogP contribution < -0.4 is 10.6 Å². The minimum atomic E-state index is -1.26. The summed E-state index contributed by atoms with van der Waals surface area (Å²) in [4.78, 5) is 38.3. The second-order valence-corrected chi connectivity index (χ2v) is 6.78. The Labute approximate surface area is 145 Å². The molecule has 1 saturated carbocycles. The van der Waals surface area contributed by atoms with Crippen molar-refractivity contribution in [2.45, 2.75) is 44.7 Å². The number of urea groups is 1. The van der Waals surface area contributed by atoms with Gasteiger partial charge in [-0.05, 0) is 49.8 Å². The lowest BCUT2D eigenvalue weighted by atomic mass is 9.87. The molecule has 1 saturated heterocycles. The standard InChI is InChI=1S/C18H22FN3O3/c1-3-18(13-6-8-14(19)9-7-13)16(24)22(17(25)21-18)10-15(23)20-11(2)12-4-5-12/h6-9,11-12H,3-5,10H2,1-2H3,(H,20,23)(H,21,25)/t11-,18+/m0/s1. The Kier molecular flexibility index (Phi) is 4.49. The molecule has 1 aromatic rings. The maximum absolute atomic E-state index is 13.2. The molecule has 1 aliphatic carbocycles. The Morgan fingerprint density at radius 1 is 1.36 bits per heavy atom. The lowest BCUT2D eigenvalue weighted by molar-refractivity contribution is -0.135. The van der Waals surface area contributed by atoms with Crippen molar-refractivity contribution in [2.75, 3.05) is 6.54 Å². The molecule has 1 aliphatic heterocycles. The second-order valence-electron chi connectivity index (χ2n) is 6.78. The topological polar surface area (TPSA) is 78.5 Å². The Morgan fingerprint density at radius 2 is 2.00 bits per heavy atom. The van der Waals surface area contributed by atoms with Crippen molar-refractivity contribution in [3.63, 3.8) is 0 Å². The predicted molar refractivity (Wildman–Crippen MR) is 88.9 cm³/mol. The van der Waals surface area contributed by atoms with E-state index in [4.69, 9.17) is 0 Å². The smallest absolute Gasteiger partial charge is 0.325 e. The van der Waals surface area contributed by atoms with E-state index < -0.39 is 23.3 Å². The fraction of sp³-hybridized carbons (Fsp3) is 0.500. The third kappa shape index (κ3) is 3.23. The molecule has 2 fully saturated rings. The molecule has 0 aromatic heterocycles. The summed E-state index contributed by atoms with van der Waals surface area (Å²) in [6.45, 7) is 3.38. The van der Waals surface area contributed by atoms with Crippen LogP contribution in [0.5, 0.6) is 0 Å². The molecule has 7 heteroatoms. The van der Waals surface area contributed by atoms with Crippen molar-refractivity contribution in [3.05, 3.63) is 35.6 Å². The molecule has 6 nitrogen and oxygen atoms in total. The summed E-state index contributed by atoms with van der Waals surface area (Å²) in [5.74, 6) is -0.771. The zero-order valence-corrected chi connectivity index (χ0v) is 14.3. The van der Waals surface area contributed by atoms with Crippen LogP contribution in [0.25, 0.3) is 0 Å². The van der Waals surface area contributed by atoms with Gasteiger partial charge in [0.15, 0.2) is 0 Å². The van der Waals surface area contributed by atoms with Gasteiger partial charge in [0.25, 0.3) is 5.91 Å². The SMILES string of the molecule is CC[C@]1(c2ccc(F)cc2)NC(=O)N(CC(=O)N[C@@H](C)C2CC2)C1=O. The largest absolute Gasteiger partial charge is 0.352 e. The Morgan fingerprint density at radius 3 is 2.56 bits per heavy atom. The van der Waals surface area contributed by atoms with Crippen LogP contribution in [-0.2, 0) is 15.1 Å². The maximum atomic E-state index is 13.2. The van der Waals surface area contributed by atoms with Crippen molar-refractivity contribution in [2.24, 2.45) is 5.92 Å². The number of carbonyl (C=O) groups is 3. The molecule has 0 spiro atoms. The van der Waals surface area contributed by atoms with Crippen LogP contribution in [0.15, 0.2) is 24.3 Å². The monoisotopic (exact) mass is 347 g/mol. The molecule has 0 unspecified atom stereocenters. The van der Waals surface area contributed by atoms with Gasteiger partial charge in [0.2, 0.25) is 5.91 Å². The van der Waals surface area contributed by atoms with E-state index in [1.54, 1.807) is 6.92 Å². The molecule has 0 radical (unpaired) electrons. The van der Waals surface area contributed by atoms with E-state index in [0.717, 1.165) is 17.7 Å². The molecule has 2 aliphatic rings. The molecule has 3 rings (SSSR count). The Hall–Kier alpha value is -2.44. The Balaban J connectivity index is 1.76. The molecule has 1 aromatic carbocycles. The second kappa shape index (κ2) is 6.46. The van der Waals surface area contributed by atoms with Gasteiger partial charge < -0.3 is 10.6 Å². The van der Waals surface area contributed by atoms with Gasteiger partial charge in [-0.2, -0.15) is 0 Å². The number of nitrogens with zero attached hydrogens (tertiary/aromatic N) is 1. The first-order valence-corrected chi connectivity index (χ1v) is 8.57. The third-order valence-electron chi connectivity index (χ3n) is 5.06. The number of halogens is 1. The van der Waals surface area contributed by atoms with Gasteiger partial charge in [-0.15, -0.1) is 0 Å². The summed E-state index contributed by atoms with van der Waals surface area (Å²) in [5, 5.41) is 5.52. The molecule has 4 amide bonds. The molecular weight excluding hydrogens is 325 g/mol. The van der Waals surface area contributed by atoms with Gasteiger partial charge >= 0.3 is 6.03 Å². The van der Waals surface area contributed by atoms with Crippen LogP contribution in [0, 0.1) is 11.7 Å². The minimum Gasteiger partial charge on any atom is -0.352 e. The molecule has 2 N–H and O–H groups in total. The van der Waals surface area contributed by atoms with E-state index in [2.05, 4.69) is 10.6 Å². The minimum absolute atomic E-state index is 0.0429. The van der Waals surface area contributed by atoms with Crippen LogP contribution in [0.3, 0.4) is 0 Å². The quantitative estimate of drug-likeness (QED) is 0.772. The average molecular weight is 347 g/mol. The number of hydrogen-bond acceptors (Lipinski definition) is 3. The summed E-state index contributed by atoms with van der Waals surface area (Å²) >= 11 is 0. The normalized spacial score (nSPS) is 24.2. The third-order valence-corrected chi connectivity index (χ3v) is 5.06.